The molecule has 0 radical (unpaired) electrons. The van der Waals surface area contributed by atoms with Gasteiger partial charge in [-0.3, -0.25) is 4.79 Å². The third-order valence-electron chi connectivity index (χ3n) is 3.18. The second-order valence-electron chi connectivity index (χ2n) is 4.38. The van der Waals surface area contributed by atoms with Crippen LogP contribution in [0.2, 0.25) is 0 Å². The summed E-state index contributed by atoms with van der Waals surface area (Å²) in [5.41, 5.74) is 0. The summed E-state index contributed by atoms with van der Waals surface area (Å²) >= 11 is 0. The molecular formula is C10H18N2O3. The lowest BCUT2D eigenvalue weighted by Gasteiger charge is -2.27. The number of piperidine rings is 1. The van der Waals surface area contributed by atoms with Gasteiger partial charge < -0.3 is 20.4 Å². The zero-order valence-electron chi connectivity index (χ0n) is 8.72. The van der Waals surface area contributed by atoms with E-state index in [1.165, 1.54) is 0 Å². The van der Waals surface area contributed by atoms with E-state index in [9.17, 15) is 15.0 Å². The Labute approximate surface area is 89.1 Å². The quantitative estimate of drug-likeness (QED) is 0.507. The predicted molar refractivity (Wildman–Crippen MR) is 54.2 cm³/mol. The molecule has 0 saturated carbocycles. The van der Waals surface area contributed by atoms with Crippen LogP contribution in [0.4, 0.5) is 0 Å². The Bertz CT molecular complexity index is 231. The molecule has 3 N–H and O–H groups in total. The highest BCUT2D eigenvalue weighted by molar-refractivity contribution is 5.82. The van der Waals surface area contributed by atoms with Gasteiger partial charge in [0.15, 0.2) is 0 Å². The molecule has 2 rings (SSSR count). The lowest BCUT2D eigenvalue weighted by atomic mass is 10.0. The summed E-state index contributed by atoms with van der Waals surface area (Å²) in [6, 6.07) is -0.115. The van der Waals surface area contributed by atoms with Gasteiger partial charge in [0.1, 0.15) is 0 Å². The molecule has 0 bridgehead atoms. The monoisotopic (exact) mass is 214 g/mol. The number of aliphatic hydroxyl groups is 2. The van der Waals surface area contributed by atoms with Crippen molar-refractivity contribution in [3.05, 3.63) is 0 Å². The van der Waals surface area contributed by atoms with Gasteiger partial charge in [0.2, 0.25) is 5.91 Å². The number of hydrogen-bond acceptors (Lipinski definition) is 4. The highest BCUT2D eigenvalue weighted by atomic mass is 16.3. The smallest absolute Gasteiger partial charge is 0.239 e. The number of amides is 1. The van der Waals surface area contributed by atoms with Crippen LogP contribution in [0.3, 0.4) is 0 Å². The molecule has 1 amide bonds. The molecule has 5 nitrogen and oxygen atoms in total. The zero-order chi connectivity index (χ0) is 10.8. The first-order valence-corrected chi connectivity index (χ1v) is 5.57. The molecule has 0 aromatic carbocycles. The number of β-amino-alcohol motifs (C(OH)–C–C–N with tert-alkyl or cyclic N) is 2. The van der Waals surface area contributed by atoms with E-state index in [1.54, 1.807) is 4.90 Å². The molecule has 15 heavy (non-hydrogen) atoms. The number of carbonyl (C=O) groups is 1. The van der Waals surface area contributed by atoms with Crippen molar-refractivity contribution in [2.24, 2.45) is 0 Å². The number of likely N-dealkylation sites (tertiary alicyclic amines) is 1. The number of carbonyl (C=O) groups excluding carboxylic acids is 1. The Morgan fingerprint density at radius 2 is 1.87 bits per heavy atom. The Balaban J connectivity index is 1.90. The minimum Gasteiger partial charge on any atom is -0.388 e. The second-order valence-corrected chi connectivity index (χ2v) is 4.38. The van der Waals surface area contributed by atoms with Crippen LogP contribution in [0.15, 0.2) is 0 Å². The fourth-order valence-electron chi connectivity index (χ4n) is 2.23. The molecule has 0 aromatic rings. The summed E-state index contributed by atoms with van der Waals surface area (Å²) in [5.74, 6) is 0.0188. The number of nitrogens with one attached hydrogen (secondary N) is 1. The Morgan fingerprint density at radius 3 is 2.40 bits per heavy atom. The summed E-state index contributed by atoms with van der Waals surface area (Å²) < 4.78 is 0. The first-order valence-electron chi connectivity index (χ1n) is 5.57. The number of aliphatic hydroxyl groups excluding tert-OH is 2. The van der Waals surface area contributed by atoms with E-state index in [4.69, 9.17) is 0 Å². The van der Waals surface area contributed by atoms with Crippen molar-refractivity contribution >= 4 is 5.91 Å². The topological polar surface area (TPSA) is 72.8 Å². The maximum Gasteiger partial charge on any atom is 0.239 e. The van der Waals surface area contributed by atoms with Gasteiger partial charge in [-0.25, -0.2) is 0 Å². The molecule has 2 aliphatic rings. The van der Waals surface area contributed by atoms with E-state index in [1.807, 2.05) is 0 Å². The minimum atomic E-state index is -0.780. The maximum atomic E-state index is 11.9. The van der Waals surface area contributed by atoms with Crippen LogP contribution >= 0.6 is 0 Å². The van der Waals surface area contributed by atoms with Gasteiger partial charge in [0, 0.05) is 13.1 Å². The predicted octanol–water partition coefficient (Wildman–Crippen LogP) is -1.31. The van der Waals surface area contributed by atoms with Crippen LogP contribution in [-0.2, 0) is 4.79 Å². The summed E-state index contributed by atoms with van der Waals surface area (Å²) in [7, 11) is 0. The molecule has 3 atom stereocenters. The van der Waals surface area contributed by atoms with Gasteiger partial charge in [-0.2, -0.15) is 0 Å². The Morgan fingerprint density at radius 1 is 1.20 bits per heavy atom. The van der Waals surface area contributed by atoms with Crippen molar-refractivity contribution in [1.82, 2.24) is 10.2 Å². The third kappa shape index (κ3) is 2.30. The molecule has 2 saturated heterocycles. The van der Waals surface area contributed by atoms with Gasteiger partial charge in [-0.05, 0) is 19.4 Å². The van der Waals surface area contributed by atoms with Crippen molar-refractivity contribution in [3.8, 4) is 0 Å². The minimum absolute atomic E-state index is 0.0188. The zero-order valence-corrected chi connectivity index (χ0v) is 8.72. The van der Waals surface area contributed by atoms with E-state index in [0.717, 1.165) is 25.8 Å². The third-order valence-corrected chi connectivity index (χ3v) is 3.18. The summed E-state index contributed by atoms with van der Waals surface area (Å²) in [6.45, 7) is 1.41. The molecule has 0 spiro atoms. The first-order chi connectivity index (χ1) is 7.18. The van der Waals surface area contributed by atoms with E-state index in [-0.39, 0.29) is 25.0 Å². The highest BCUT2D eigenvalue weighted by Gasteiger charge is 2.35. The van der Waals surface area contributed by atoms with Crippen LogP contribution in [0, 0.1) is 0 Å². The fraction of sp³-hybridized carbons (Fsp3) is 0.900. The lowest BCUT2D eigenvalue weighted by Crippen LogP contribution is -2.48. The van der Waals surface area contributed by atoms with Gasteiger partial charge in [-0.15, -0.1) is 0 Å². The molecule has 2 fully saturated rings. The molecule has 0 aromatic heterocycles. The number of rotatable bonds is 1. The van der Waals surface area contributed by atoms with Crippen LogP contribution in [0.5, 0.6) is 0 Å². The first kappa shape index (κ1) is 10.9. The molecule has 5 heteroatoms. The van der Waals surface area contributed by atoms with Crippen LogP contribution in [0.1, 0.15) is 19.3 Å². The molecule has 86 valence electrons. The largest absolute Gasteiger partial charge is 0.388 e. The van der Waals surface area contributed by atoms with Gasteiger partial charge in [-0.1, -0.05) is 6.42 Å². The standard InChI is InChI=1S/C10H18N2O3/c13-8-5-12(6-9(8)14)10(15)7-3-1-2-4-11-7/h7-9,11,13-14H,1-6H2. The Kier molecular flexibility index (Phi) is 3.23. The summed E-state index contributed by atoms with van der Waals surface area (Å²) in [5, 5.41) is 21.9. The van der Waals surface area contributed by atoms with E-state index in [2.05, 4.69) is 5.32 Å². The van der Waals surface area contributed by atoms with Crippen molar-refractivity contribution in [2.75, 3.05) is 19.6 Å². The molecular weight excluding hydrogens is 196 g/mol. The van der Waals surface area contributed by atoms with Crippen molar-refractivity contribution in [1.29, 1.82) is 0 Å². The normalized spacial score (nSPS) is 36.9. The number of hydrogen-bond donors (Lipinski definition) is 3. The molecule has 2 aliphatic heterocycles. The van der Waals surface area contributed by atoms with Crippen LogP contribution < -0.4 is 5.32 Å². The highest BCUT2D eigenvalue weighted by Crippen LogP contribution is 2.15. The lowest BCUT2D eigenvalue weighted by molar-refractivity contribution is -0.133. The average molecular weight is 214 g/mol. The summed E-state index contributed by atoms with van der Waals surface area (Å²) in [4.78, 5) is 13.5. The van der Waals surface area contributed by atoms with Gasteiger partial charge in [0.25, 0.3) is 0 Å². The molecule has 0 aliphatic carbocycles. The van der Waals surface area contributed by atoms with Crippen molar-refractivity contribution in [3.63, 3.8) is 0 Å². The molecule has 3 unspecified atom stereocenters. The van der Waals surface area contributed by atoms with Crippen LogP contribution in [-0.4, -0.2) is 58.9 Å². The van der Waals surface area contributed by atoms with E-state index < -0.39 is 12.2 Å². The van der Waals surface area contributed by atoms with E-state index in [0.29, 0.717) is 0 Å². The Hall–Kier alpha value is -0.650. The van der Waals surface area contributed by atoms with E-state index >= 15 is 0 Å². The fourth-order valence-corrected chi connectivity index (χ4v) is 2.23. The molecule has 2 heterocycles. The maximum absolute atomic E-state index is 11.9. The van der Waals surface area contributed by atoms with Crippen LogP contribution in [0.25, 0.3) is 0 Å². The summed E-state index contributed by atoms with van der Waals surface area (Å²) in [6.07, 6.45) is 1.49. The number of nitrogens with zero attached hydrogens (tertiary/aromatic N) is 1. The van der Waals surface area contributed by atoms with Gasteiger partial charge in [0.05, 0.1) is 18.2 Å². The van der Waals surface area contributed by atoms with Crippen molar-refractivity contribution < 1.29 is 15.0 Å². The van der Waals surface area contributed by atoms with Gasteiger partial charge >= 0.3 is 0 Å². The van der Waals surface area contributed by atoms with Crippen molar-refractivity contribution in [2.45, 2.75) is 37.5 Å². The second kappa shape index (κ2) is 4.47. The average Bonchev–Trinajstić information content (AvgIpc) is 2.59. The SMILES string of the molecule is O=C(C1CCCCN1)N1CC(O)C(O)C1.